The number of furan rings is 1. The molecule has 0 fully saturated rings. The monoisotopic (exact) mass is 758 g/mol. The molecule has 13 rings (SSSR count). The van der Waals surface area contributed by atoms with Crippen LogP contribution in [-0.2, 0) is 6.42 Å². The molecule has 0 bridgehead atoms. The number of hydrogen-bond acceptors (Lipinski definition) is 2. The van der Waals surface area contributed by atoms with Crippen LogP contribution in [-0.4, -0.2) is 9.13 Å². The molecule has 4 heterocycles. The van der Waals surface area contributed by atoms with E-state index in [0.29, 0.717) is 0 Å². The van der Waals surface area contributed by atoms with Crippen LogP contribution in [0, 0.1) is 0 Å². The third kappa shape index (κ3) is 4.55. The van der Waals surface area contributed by atoms with E-state index < -0.39 is 0 Å². The van der Waals surface area contributed by atoms with E-state index in [0.717, 1.165) is 40.5 Å². The van der Waals surface area contributed by atoms with E-state index in [9.17, 15) is 0 Å². The molecule has 0 saturated heterocycles. The number of thiophene rings is 1. The summed E-state index contributed by atoms with van der Waals surface area (Å²) in [4.78, 5) is 0. The van der Waals surface area contributed by atoms with E-state index in [1.54, 1.807) is 0 Å². The molecule has 0 amide bonds. The van der Waals surface area contributed by atoms with E-state index in [2.05, 4.69) is 185 Å². The summed E-state index contributed by atoms with van der Waals surface area (Å²) in [6.45, 7) is 0. The molecule has 0 spiro atoms. The third-order valence-electron chi connectivity index (χ3n) is 12.4. The van der Waals surface area contributed by atoms with Gasteiger partial charge in [0.05, 0.1) is 16.6 Å². The molecule has 4 heteroatoms. The van der Waals surface area contributed by atoms with E-state index in [1.807, 2.05) is 17.4 Å². The number of aromatic nitrogens is 2. The van der Waals surface area contributed by atoms with Gasteiger partial charge in [0.2, 0.25) is 0 Å². The van der Waals surface area contributed by atoms with Gasteiger partial charge >= 0.3 is 0 Å². The first-order chi connectivity index (χ1) is 28.8. The lowest BCUT2D eigenvalue weighted by Gasteiger charge is -2.14. The molecule has 58 heavy (non-hydrogen) atoms. The zero-order chi connectivity index (χ0) is 37.9. The molecule has 0 N–H and O–H groups in total. The van der Waals surface area contributed by atoms with Gasteiger partial charge in [-0.05, 0) is 102 Å². The quantitative estimate of drug-likeness (QED) is 0.175. The molecule has 0 saturated carbocycles. The lowest BCUT2D eigenvalue weighted by atomic mass is 9.97. The first kappa shape index (κ1) is 32.0. The Labute approximate surface area is 337 Å². The number of nitrogens with zero attached hydrogens (tertiary/aromatic N) is 2. The molecule has 8 aromatic carbocycles. The number of allylic oxidation sites excluding steroid dienone is 1. The summed E-state index contributed by atoms with van der Waals surface area (Å²) >= 11 is 1.88. The molecule has 1 aliphatic rings. The second-order valence-corrected chi connectivity index (χ2v) is 16.6. The number of fused-ring (bicyclic) bond motifs is 12. The first-order valence-electron chi connectivity index (χ1n) is 20.1. The van der Waals surface area contributed by atoms with Crippen LogP contribution < -0.4 is 0 Å². The Balaban J connectivity index is 1.06. The fraction of sp³-hybridized carbons (Fsp3) is 0.0370. The second-order valence-electron chi connectivity index (χ2n) is 15.5. The maximum atomic E-state index is 6.27. The Morgan fingerprint density at radius 2 is 1.19 bits per heavy atom. The predicted octanol–water partition coefficient (Wildman–Crippen LogP) is 15.3. The smallest absolute Gasteiger partial charge is 0.135 e. The normalized spacial score (nSPS) is 13.0. The highest BCUT2D eigenvalue weighted by Gasteiger charge is 2.23. The average molecular weight is 759 g/mol. The Morgan fingerprint density at radius 1 is 0.466 bits per heavy atom. The highest BCUT2D eigenvalue weighted by Crippen LogP contribution is 2.46. The van der Waals surface area contributed by atoms with Crippen molar-refractivity contribution in [1.82, 2.24) is 9.13 Å². The number of para-hydroxylation sites is 4. The van der Waals surface area contributed by atoms with Gasteiger partial charge < -0.3 is 13.6 Å². The lowest BCUT2D eigenvalue weighted by Crippen LogP contribution is -2.00. The number of rotatable bonds is 4. The molecular weight excluding hydrogens is 725 g/mol. The highest BCUT2D eigenvalue weighted by molar-refractivity contribution is 7.26. The molecule has 272 valence electrons. The van der Waals surface area contributed by atoms with Crippen molar-refractivity contribution in [2.24, 2.45) is 0 Å². The summed E-state index contributed by atoms with van der Waals surface area (Å²) in [5, 5.41) is 8.68. The molecule has 0 aliphatic heterocycles. The third-order valence-corrected chi connectivity index (χ3v) is 13.6. The fourth-order valence-electron chi connectivity index (χ4n) is 9.83. The van der Waals surface area contributed by atoms with Gasteiger partial charge in [-0.1, -0.05) is 109 Å². The number of hydrogen-bond donors (Lipinski definition) is 0. The molecular formula is C54H34N2OS. The lowest BCUT2D eigenvalue weighted by molar-refractivity contribution is 0.669. The summed E-state index contributed by atoms with van der Waals surface area (Å²) in [7, 11) is 0. The Bertz CT molecular complexity index is 3680. The number of aryl methyl sites for hydroxylation is 1. The van der Waals surface area contributed by atoms with Gasteiger partial charge in [-0.25, -0.2) is 0 Å². The molecule has 0 radical (unpaired) electrons. The molecule has 0 atom stereocenters. The Kier molecular flexibility index (Phi) is 6.72. The average Bonchev–Trinajstić information content (AvgIpc) is 4.04. The van der Waals surface area contributed by atoms with Crippen molar-refractivity contribution in [1.29, 1.82) is 0 Å². The molecule has 4 aromatic heterocycles. The van der Waals surface area contributed by atoms with Crippen molar-refractivity contribution in [2.45, 2.75) is 12.8 Å². The first-order valence-corrected chi connectivity index (χ1v) is 20.9. The fourth-order valence-corrected chi connectivity index (χ4v) is 11.0. The molecule has 3 nitrogen and oxygen atoms in total. The SMILES string of the molecule is C1=Cc2c(c3cccc(-c4ccc5c(c4)c4ccccc4n5-c4cc(-c5ccc6oc7ccccc7c6c5)c5sc6ccccc6c5c4)c3n2-c2ccccc2)CC1. The topological polar surface area (TPSA) is 23.0 Å². The van der Waals surface area contributed by atoms with Gasteiger partial charge in [0.25, 0.3) is 0 Å². The maximum Gasteiger partial charge on any atom is 0.135 e. The van der Waals surface area contributed by atoms with Gasteiger partial charge in [-0.2, -0.15) is 0 Å². The van der Waals surface area contributed by atoms with E-state index in [1.165, 1.54) is 92.1 Å². The second kappa shape index (κ2) is 12.2. The summed E-state index contributed by atoms with van der Waals surface area (Å²) in [6.07, 6.45) is 6.76. The Morgan fingerprint density at radius 3 is 2.12 bits per heavy atom. The van der Waals surface area contributed by atoms with Crippen LogP contribution in [0.3, 0.4) is 0 Å². The summed E-state index contributed by atoms with van der Waals surface area (Å²) in [5.41, 5.74) is 15.5. The van der Waals surface area contributed by atoms with E-state index >= 15 is 0 Å². The molecule has 1 aliphatic carbocycles. The summed E-state index contributed by atoms with van der Waals surface area (Å²) < 4.78 is 13.8. The van der Waals surface area contributed by atoms with Gasteiger partial charge in [-0.15, -0.1) is 11.3 Å². The molecule has 0 unspecified atom stereocenters. The highest BCUT2D eigenvalue weighted by atomic mass is 32.1. The molecule has 12 aromatic rings. The summed E-state index contributed by atoms with van der Waals surface area (Å²) in [5.74, 6) is 0. The van der Waals surface area contributed by atoms with Gasteiger partial charge in [0, 0.05) is 75.3 Å². The van der Waals surface area contributed by atoms with Gasteiger partial charge in [0.15, 0.2) is 0 Å². The van der Waals surface area contributed by atoms with E-state index in [-0.39, 0.29) is 0 Å². The van der Waals surface area contributed by atoms with Crippen LogP contribution in [0.15, 0.2) is 180 Å². The Hall–Kier alpha value is -7.14. The van der Waals surface area contributed by atoms with E-state index in [4.69, 9.17) is 4.42 Å². The van der Waals surface area contributed by atoms with Crippen molar-refractivity contribution < 1.29 is 4.42 Å². The minimum Gasteiger partial charge on any atom is -0.456 e. The van der Waals surface area contributed by atoms with Gasteiger partial charge in [-0.3, -0.25) is 0 Å². The van der Waals surface area contributed by atoms with Crippen LogP contribution in [0.4, 0.5) is 0 Å². The van der Waals surface area contributed by atoms with Crippen molar-refractivity contribution >= 4 is 92.2 Å². The van der Waals surface area contributed by atoms with Crippen molar-refractivity contribution in [2.75, 3.05) is 0 Å². The van der Waals surface area contributed by atoms with Gasteiger partial charge in [0.1, 0.15) is 11.2 Å². The van der Waals surface area contributed by atoms with Crippen LogP contribution in [0.2, 0.25) is 0 Å². The van der Waals surface area contributed by atoms with Crippen LogP contribution in [0.1, 0.15) is 17.7 Å². The largest absolute Gasteiger partial charge is 0.456 e. The summed E-state index contributed by atoms with van der Waals surface area (Å²) in [6, 6.07) is 62.4. The number of benzene rings is 8. The zero-order valence-electron chi connectivity index (χ0n) is 31.4. The van der Waals surface area contributed by atoms with Crippen molar-refractivity contribution in [3.63, 3.8) is 0 Å². The van der Waals surface area contributed by atoms with Crippen LogP contribution in [0.5, 0.6) is 0 Å². The minimum absolute atomic E-state index is 0.912. The zero-order valence-corrected chi connectivity index (χ0v) is 32.3. The van der Waals surface area contributed by atoms with Crippen molar-refractivity contribution in [3.05, 3.63) is 187 Å². The standard InChI is InChI=1S/C54H34N2OS/c1-2-13-35(14-3-1)56-48-22-9-4-15-38(48)42-20-12-19-37(53(42)56)33-25-27-49-44(29-33)39-16-5-8-21-47(39)55(49)36-31-43(54-46(32-36)41-18-7-11-24-52(41)58-54)34-26-28-51-45(30-34)40-17-6-10-23-50(40)57-51/h1-3,5-14,16-32H,4,15H2. The van der Waals surface area contributed by atoms with Crippen molar-refractivity contribution in [3.8, 4) is 33.6 Å². The van der Waals surface area contributed by atoms with Crippen LogP contribution in [0.25, 0.3) is 115 Å². The minimum atomic E-state index is 0.912. The maximum absolute atomic E-state index is 6.27. The predicted molar refractivity (Wildman–Crippen MR) is 246 cm³/mol. The van der Waals surface area contributed by atoms with Crippen LogP contribution >= 0.6 is 11.3 Å².